The molecule has 0 spiro atoms. The van der Waals surface area contributed by atoms with Crippen LogP contribution in [-0.4, -0.2) is 42.2 Å². The normalized spacial score (nSPS) is 12.8. The van der Waals surface area contributed by atoms with E-state index in [4.69, 9.17) is 4.74 Å². The first-order valence-corrected chi connectivity index (χ1v) is 12.7. The number of anilines is 4. The van der Waals surface area contributed by atoms with Crippen LogP contribution in [0.15, 0.2) is 101 Å². The van der Waals surface area contributed by atoms with Crippen molar-refractivity contribution in [2.24, 2.45) is 0 Å². The van der Waals surface area contributed by atoms with Gasteiger partial charge in [-0.15, -0.1) is 0 Å². The molecule has 8 heteroatoms. The lowest BCUT2D eigenvalue weighted by Gasteiger charge is -2.28. The predicted octanol–water partition coefficient (Wildman–Crippen LogP) is 5.20. The highest BCUT2D eigenvalue weighted by molar-refractivity contribution is 7.99. The Morgan fingerprint density at radius 2 is 1.73 bits per heavy atom. The lowest BCUT2D eigenvalue weighted by Crippen LogP contribution is -2.36. The summed E-state index contributed by atoms with van der Waals surface area (Å²) < 4.78 is 5.43. The molecule has 37 heavy (non-hydrogen) atoms. The Hall–Kier alpha value is -4.32. The number of hydrogen-bond donors (Lipinski definition) is 2. The van der Waals surface area contributed by atoms with Crippen LogP contribution in [0.25, 0.3) is 0 Å². The molecule has 5 rings (SSSR count). The highest BCUT2D eigenvalue weighted by Gasteiger charge is 2.11. The number of rotatable bonds is 6. The van der Waals surface area contributed by atoms with Crippen molar-refractivity contribution in [1.29, 1.82) is 0 Å². The molecule has 0 bridgehead atoms. The number of nitrogens with zero attached hydrogens (tertiary/aromatic N) is 3. The minimum absolute atomic E-state index is 0.362. The molecule has 0 unspecified atom stereocenters. The lowest BCUT2D eigenvalue weighted by molar-refractivity contribution is -0.111. The topological polar surface area (TPSA) is 79.4 Å². The summed E-state index contributed by atoms with van der Waals surface area (Å²) in [6.45, 7) is 3.33. The van der Waals surface area contributed by atoms with Gasteiger partial charge in [-0.05, 0) is 60.7 Å². The van der Waals surface area contributed by atoms with E-state index in [2.05, 4.69) is 49.5 Å². The van der Waals surface area contributed by atoms with E-state index in [1.54, 1.807) is 6.20 Å². The van der Waals surface area contributed by atoms with Gasteiger partial charge in [0.15, 0.2) is 0 Å². The van der Waals surface area contributed by atoms with Gasteiger partial charge in [0.2, 0.25) is 5.95 Å². The van der Waals surface area contributed by atoms with Crippen molar-refractivity contribution >= 4 is 40.7 Å². The number of benzene rings is 3. The van der Waals surface area contributed by atoms with Crippen molar-refractivity contribution in [3.8, 4) is 11.8 Å². The average Bonchev–Trinajstić information content (AvgIpc) is 2.94. The van der Waals surface area contributed by atoms with Crippen LogP contribution in [0.4, 0.5) is 23.0 Å². The lowest BCUT2D eigenvalue weighted by atomic mass is 10.2. The van der Waals surface area contributed by atoms with E-state index in [1.165, 1.54) is 17.4 Å². The smallest absolute Gasteiger partial charge is 0.300 e. The van der Waals surface area contributed by atoms with Gasteiger partial charge in [0.05, 0.1) is 13.2 Å². The molecule has 0 saturated carbocycles. The Labute approximate surface area is 220 Å². The molecule has 2 heterocycles. The van der Waals surface area contributed by atoms with Gasteiger partial charge in [-0.25, -0.2) is 9.97 Å². The van der Waals surface area contributed by atoms with Crippen molar-refractivity contribution in [3.63, 3.8) is 0 Å². The van der Waals surface area contributed by atoms with Gasteiger partial charge in [-0.1, -0.05) is 41.9 Å². The predicted molar refractivity (Wildman–Crippen MR) is 147 cm³/mol. The summed E-state index contributed by atoms with van der Waals surface area (Å²) in [5.74, 6) is 5.65. The molecule has 2 N–H and O–H groups in total. The third-order valence-corrected chi connectivity index (χ3v) is 6.46. The molecular formula is C29H25N5O2S. The number of aromatic nitrogens is 2. The maximum Gasteiger partial charge on any atom is 0.300 e. The molecule has 1 aliphatic heterocycles. The van der Waals surface area contributed by atoms with Crippen LogP contribution in [0.3, 0.4) is 0 Å². The monoisotopic (exact) mass is 507 g/mol. The minimum atomic E-state index is -0.362. The third kappa shape index (κ3) is 7.10. The second-order valence-electron chi connectivity index (χ2n) is 8.19. The van der Waals surface area contributed by atoms with Crippen molar-refractivity contribution in [1.82, 2.24) is 9.97 Å². The first-order valence-electron chi connectivity index (χ1n) is 11.9. The molecule has 0 aliphatic carbocycles. The van der Waals surface area contributed by atoms with Crippen LogP contribution in [0.5, 0.6) is 0 Å². The zero-order chi connectivity index (χ0) is 25.3. The summed E-state index contributed by atoms with van der Waals surface area (Å²) in [4.78, 5) is 24.5. The first-order chi connectivity index (χ1) is 18.2. The van der Waals surface area contributed by atoms with Crippen molar-refractivity contribution < 1.29 is 9.53 Å². The molecule has 1 fully saturated rings. The van der Waals surface area contributed by atoms with Gasteiger partial charge in [0, 0.05) is 52.7 Å². The fraction of sp³-hybridized carbons (Fsp3) is 0.138. The number of amides is 1. The van der Waals surface area contributed by atoms with Gasteiger partial charge in [-0.3, -0.25) is 4.79 Å². The van der Waals surface area contributed by atoms with Gasteiger partial charge in [0.25, 0.3) is 0 Å². The zero-order valence-corrected chi connectivity index (χ0v) is 20.9. The molecule has 4 aromatic rings. The Morgan fingerprint density at radius 3 is 2.54 bits per heavy atom. The second-order valence-corrected chi connectivity index (χ2v) is 9.28. The van der Waals surface area contributed by atoms with E-state index in [-0.39, 0.29) is 5.91 Å². The number of hydrogen-bond acceptors (Lipinski definition) is 7. The standard InChI is InChI=1S/C29H25N5O2S/c35-27(14-9-22-5-2-1-3-6-22)31-24-7-4-8-26(21-24)37-28-15-16-30-29(33-28)32-23-10-12-25(13-11-23)34-17-19-36-20-18-34/h1-8,10-13,15-16,21H,17-20H2,(H,31,35)(H,30,32,33). The Morgan fingerprint density at radius 1 is 0.919 bits per heavy atom. The summed E-state index contributed by atoms with van der Waals surface area (Å²) in [7, 11) is 0. The largest absolute Gasteiger partial charge is 0.378 e. The molecule has 1 saturated heterocycles. The SMILES string of the molecule is O=C(C#Cc1ccccc1)Nc1cccc(Sc2ccnc(Nc3ccc(N4CCOCC4)cc3)n2)c1. The summed E-state index contributed by atoms with van der Waals surface area (Å²) in [5, 5.41) is 6.89. The average molecular weight is 508 g/mol. The van der Waals surface area contributed by atoms with Crippen LogP contribution in [0.2, 0.25) is 0 Å². The molecule has 0 radical (unpaired) electrons. The fourth-order valence-electron chi connectivity index (χ4n) is 3.74. The molecule has 184 valence electrons. The van der Waals surface area contributed by atoms with E-state index < -0.39 is 0 Å². The number of ether oxygens (including phenoxy) is 1. The molecule has 1 aliphatic rings. The quantitative estimate of drug-likeness (QED) is 0.274. The number of nitrogens with one attached hydrogen (secondary N) is 2. The van der Waals surface area contributed by atoms with Crippen molar-refractivity contribution in [2.75, 3.05) is 41.8 Å². The molecular weight excluding hydrogens is 482 g/mol. The van der Waals surface area contributed by atoms with Crippen LogP contribution in [0, 0.1) is 11.8 Å². The van der Waals surface area contributed by atoms with E-state index in [0.29, 0.717) is 11.6 Å². The van der Waals surface area contributed by atoms with E-state index in [1.807, 2.05) is 72.8 Å². The highest BCUT2D eigenvalue weighted by Crippen LogP contribution is 2.29. The summed E-state index contributed by atoms with van der Waals surface area (Å²) in [6, 6.07) is 27.1. The minimum Gasteiger partial charge on any atom is -0.378 e. The van der Waals surface area contributed by atoms with Crippen molar-refractivity contribution in [3.05, 3.63) is 96.7 Å². The number of morpholine rings is 1. The zero-order valence-electron chi connectivity index (χ0n) is 20.1. The van der Waals surface area contributed by atoms with E-state index >= 15 is 0 Å². The van der Waals surface area contributed by atoms with Gasteiger partial charge >= 0.3 is 5.91 Å². The fourth-order valence-corrected chi connectivity index (χ4v) is 4.57. The van der Waals surface area contributed by atoms with Gasteiger partial charge in [-0.2, -0.15) is 0 Å². The Balaban J connectivity index is 1.20. The molecule has 7 nitrogen and oxygen atoms in total. The summed E-state index contributed by atoms with van der Waals surface area (Å²) in [6.07, 6.45) is 1.73. The maximum absolute atomic E-state index is 12.3. The molecule has 3 aromatic carbocycles. The maximum atomic E-state index is 12.3. The second kappa shape index (κ2) is 12.1. The van der Waals surface area contributed by atoms with Crippen molar-refractivity contribution in [2.45, 2.75) is 9.92 Å². The van der Waals surface area contributed by atoms with Crippen LogP contribution < -0.4 is 15.5 Å². The first kappa shape index (κ1) is 24.4. The molecule has 0 atom stereocenters. The van der Waals surface area contributed by atoms with Crippen LogP contribution in [0.1, 0.15) is 5.56 Å². The molecule has 1 amide bonds. The Kier molecular flexibility index (Phi) is 7.96. The molecule has 1 aromatic heterocycles. The van der Waals surface area contributed by atoms with Crippen LogP contribution in [-0.2, 0) is 9.53 Å². The number of carbonyl (C=O) groups is 1. The summed E-state index contributed by atoms with van der Waals surface area (Å²) in [5.41, 5.74) is 3.56. The third-order valence-electron chi connectivity index (χ3n) is 5.54. The Bertz CT molecular complexity index is 1410. The van der Waals surface area contributed by atoms with E-state index in [0.717, 1.165) is 47.5 Å². The van der Waals surface area contributed by atoms with Gasteiger partial charge in [0.1, 0.15) is 5.03 Å². The highest BCUT2D eigenvalue weighted by atomic mass is 32.2. The van der Waals surface area contributed by atoms with Gasteiger partial charge < -0.3 is 20.3 Å². The van der Waals surface area contributed by atoms with E-state index in [9.17, 15) is 4.79 Å². The van der Waals surface area contributed by atoms with Crippen LogP contribution >= 0.6 is 11.8 Å². The summed E-state index contributed by atoms with van der Waals surface area (Å²) >= 11 is 1.49. The number of carbonyl (C=O) groups excluding carboxylic acids is 1.